The van der Waals surface area contributed by atoms with Crippen molar-refractivity contribution in [3.63, 3.8) is 0 Å². The van der Waals surface area contributed by atoms with Crippen LogP contribution in [0.5, 0.6) is 0 Å². The third-order valence-corrected chi connectivity index (χ3v) is 5.03. The number of hydrogen-bond acceptors (Lipinski definition) is 3. The van der Waals surface area contributed by atoms with E-state index in [1.807, 2.05) is 27.7 Å². The van der Waals surface area contributed by atoms with Crippen molar-refractivity contribution in [1.82, 2.24) is 16.0 Å². The lowest BCUT2D eigenvalue weighted by Gasteiger charge is -2.29. The summed E-state index contributed by atoms with van der Waals surface area (Å²) in [5.41, 5.74) is -0.532. The predicted octanol–water partition coefficient (Wildman–Crippen LogP) is 2.91. The molecule has 6 heteroatoms. The summed E-state index contributed by atoms with van der Waals surface area (Å²) < 4.78 is 0. The van der Waals surface area contributed by atoms with Gasteiger partial charge < -0.3 is 16.0 Å². The Hall–Kier alpha value is -1.59. The molecule has 156 valence electrons. The summed E-state index contributed by atoms with van der Waals surface area (Å²) in [6.45, 7) is 9.59. The van der Waals surface area contributed by atoms with Crippen molar-refractivity contribution >= 4 is 17.7 Å². The van der Waals surface area contributed by atoms with Crippen LogP contribution in [-0.4, -0.2) is 35.8 Å². The van der Waals surface area contributed by atoms with Crippen molar-refractivity contribution in [2.75, 3.05) is 6.54 Å². The molecule has 0 radical (unpaired) electrons. The summed E-state index contributed by atoms with van der Waals surface area (Å²) in [6, 6.07) is -0.542. The number of rotatable bonds is 9. The highest BCUT2D eigenvalue weighted by atomic mass is 16.2. The normalized spacial score (nSPS) is 17.1. The monoisotopic (exact) mass is 381 g/mol. The zero-order valence-corrected chi connectivity index (χ0v) is 17.8. The molecular weight excluding hydrogens is 342 g/mol. The van der Waals surface area contributed by atoms with Gasteiger partial charge in [-0.2, -0.15) is 0 Å². The Balaban J connectivity index is 2.48. The summed E-state index contributed by atoms with van der Waals surface area (Å²) >= 11 is 0. The standard InChI is InChI=1S/C21H39N3O3/c1-15(2)12-18(23-16(3)25)20(27)22-14-21(4,5)24-19(26)13-17-10-8-6-7-9-11-17/h15,17-18H,6-14H2,1-5H3,(H,22,27)(H,23,25)(H,24,26)/t18-/m0/s1. The van der Waals surface area contributed by atoms with E-state index in [-0.39, 0.29) is 17.7 Å². The first-order valence-electron chi connectivity index (χ1n) is 10.4. The Morgan fingerprint density at radius 2 is 1.63 bits per heavy atom. The summed E-state index contributed by atoms with van der Waals surface area (Å²) in [5.74, 6) is 0.409. The van der Waals surface area contributed by atoms with Crippen LogP contribution in [0, 0.1) is 11.8 Å². The molecule has 1 atom stereocenters. The molecule has 6 nitrogen and oxygen atoms in total. The highest BCUT2D eigenvalue weighted by Gasteiger charge is 2.26. The first-order valence-corrected chi connectivity index (χ1v) is 10.4. The van der Waals surface area contributed by atoms with E-state index in [1.165, 1.54) is 32.6 Å². The third kappa shape index (κ3) is 10.4. The van der Waals surface area contributed by atoms with Gasteiger partial charge in [0.05, 0.1) is 5.54 Å². The van der Waals surface area contributed by atoms with Crippen LogP contribution < -0.4 is 16.0 Å². The molecule has 3 amide bonds. The summed E-state index contributed by atoms with van der Waals surface area (Å²) in [6.07, 6.45) is 8.42. The molecule has 27 heavy (non-hydrogen) atoms. The molecule has 1 rings (SSSR count). The molecule has 0 heterocycles. The molecule has 0 aromatic heterocycles. The van der Waals surface area contributed by atoms with Gasteiger partial charge in [0.25, 0.3) is 0 Å². The Kier molecular flexibility index (Phi) is 9.81. The van der Waals surface area contributed by atoms with E-state index in [0.717, 1.165) is 12.8 Å². The van der Waals surface area contributed by atoms with E-state index in [9.17, 15) is 14.4 Å². The van der Waals surface area contributed by atoms with Crippen LogP contribution >= 0.6 is 0 Å². The van der Waals surface area contributed by atoms with E-state index in [0.29, 0.717) is 31.2 Å². The smallest absolute Gasteiger partial charge is 0.242 e. The Labute approximate surface area is 164 Å². The van der Waals surface area contributed by atoms with Crippen molar-refractivity contribution in [1.29, 1.82) is 0 Å². The van der Waals surface area contributed by atoms with E-state index >= 15 is 0 Å². The Morgan fingerprint density at radius 1 is 1.04 bits per heavy atom. The predicted molar refractivity (Wildman–Crippen MR) is 108 cm³/mol. The minimum atomic E-state index is -0.542. The molecule has 0 bridgehead atoms. The van der Waals surface area contributed by atoms with Crippen molar-refractivity contribution in [3.05, 3.63) is 0 Å². The average Bonchev–Trinajstić information content (AvgIpc) is 2.79. The van der Waals surface area contributed by atoms with Gasteiger partial charge in [0.15, 0.2) is 0 Å². The topological polar surface area (TPSA) is 87.3 Å². The van der Waals surface area contributed by atoms with Crippen molar-refractivity contribution in [2.45, 2.75) is 97.6 Å². The second-order valence-electron chi connectivity index (χ2n) is 9.09. The molecule has 0 aliphatic heterocycles. The highest BCUT2D eigenvalue weighted by molar-refractivity contribution is 5.87. The van der Waals surface area contributed by atoms with Crippen LogP contribution in [-0.2, 0) is 14.4 Å². The molecule has 1 aliphatic rings. The van der Waals surface area contributed by atoms with Crippen LogP contribution in [0.4, 0.5) is 0 Å². The van der Waals surface area contributed by atoms with Gasteiger partial charge in [0.1, 0.15) is 6.04 Å². The molecule has 1 saturated carbocycles. The fourth-order valence-electron chi connectivity index (χ4n) is 3.68. The van der Waals surface area contributed by atoms with E-state index in [4.69, 9.17) is 0 Å². The quantitative estimate of drug-likeness (QED) is 0.537. The van der Waals surface area contributed by atoms with Crippen LogP contribution in [0.1, 0.15) is 86.0 Å². The number of carbonyl (C=O) groups is 3. The van der Waals surface area contributed by atoms with Gasteiger partial charge in [0, 0.05) is 19.9 Å². The molecule has 0 aromatic rings. The second kappa shape index (κ2) is 11.3. The van der Waals surface area contributed by atoms with Crippen LogP contribution in [0.2, 0.25) is 0 Å². The molecule has 1 fully saturated rings. The minimum absolute atomic E-state index is 0.0572. The SMILES string of the molecule is CC(=O)N[C@@H](CC(C)C)C(=O)NCC(C)(C)NC(=O)CC1CCCCCC1. The van der Waals surface area contributed by atoms with Crippen molar-refractivity contribution < 1.29 is 14.4 Å². The lowest BCUT2D eigenvalue weighted by molar-refractivity contribution is -0.129. The second-order valence-corrected chi connectivity index (χ2v) is 9.09. The molecule has 0 spiro atoms. The van der Waals surface area contributed by atoms with Gasteiger partial charge in [0.2, 0.25) is 17.7 Å². The first-order chi connectivity index (χ1) is 12.6. The van der Waals surface area contributed by atoms with Crippen molar-refractivity contribution in [3.8, 4) is 0 Å². The zero-order chi connectivity index (χ0) is 20.4. The summed E-state index contributed by atoms with van der Waals surface area (Å²) in [7, 11) is 0. The highest BCUT2D eigenvalue weighted by Crippen LogP contribution is 2.25. The summed E-state index contributed by atoms with van der Waals surface area (Å²) in [4.78, 5) is 36.2. The van der Waals surface area contributed by atoms with Gasteiger partial charge >= 0.3 is 0 Å². The maximum Gasteiger partial charge on any atom is 0.242 e. The molecular formula is C21H39N3O3. The maximum atomic E-state index is 12.5. The molecule has 0 aromatic carbocycles. The van der Waals surface area contributed by atoms with Crippen LogP contribution in [0.3, 0.4) is 0 Å². The lowest BCUT2D eigenvalue weighted by Crippen LogP contribution is -2.55. The first kappa shape index (κ1) is 23.4. The van der Waals surface area contributed by atoms with E-state index < -0.39 is 11.6 Å². The third-order valence-electron chi connectivity index (χ3n) is 5.03. The number of amides is 3. The van der Waals surface area contributed by atoms with E-state index in [1.54, 1.807) is 0 Å². The van der Waals surface area contributed by atoms with Crippen LogP contribution in [0.15, 0.2) is 0 Å². The largest absolute Gasteiger partial charge is 0.352 e. The number of hydrogen-bond donors (Lipinski definition) is 3. The minimum Gasteiger partial charge on any atom is -0.352 e. The van der Waals surface area contributed by atoms with Gasteiger partial charge in [-0.25, -0.2) is 0 Å². The molecule has 3 N–H and O–H groups in total. The lowest BCUT2D eigenvalue weighted by atomic mass is 9.95. The van der Waals surface area contributed by atoms with E-state index in [2.05, 4.69) is 16.0 Å². The molecule has 0 saturated heterocycles. The molecule has 0 unspecified atom stereocenters. The Bertz CT molecular complexity index is 495. The Morgan fingerprint density at radius 3 is 2.15 bits per heavy atom. The van der Waals surface area contributed by atoms with Gasteiger partial charge in [-0.05, 0) is 44.9 Å². The summed E-state index contributed by atoms with van der Waals surface area (Å²) in [5, 5.41) is 8.65. The fourth-order valence-corrected chi connectivity index (χ4v) is 3.68. The zero-order valence-electron chi connectivity index (χ0n) is 17.8. The fraction of sp³-hybridized carbons (Fsp3) is 0.857. The van der Waals surface area contributed by atoms with Crippen LogP contribution in [0.25, 0.3) is 0 Å². The molecule has 1 aliphatic carbocycles. The van der Waals surface area contributed by atoms with Gasteiger partial charge in [-0.15, -0.1) is 0 Å². The van der Waals surface area contributed by atoms with Crippen molar-refractivity contribution in [2.24, 2.45) is 11.8 Å². The number of carbonyl (C=O) groups excluding carboxylic acids is 3. The number of nitrogens with one attached hydrogen (secondary N) is 3. The average molecular weight is 382 g/mol. The van der Waals surface area contributed by atoms with Gasteiger partial charge in [-0.1, -0.05) is 39.5 Å². The maximum absolute atomic E-state index is 12.5. The van der Waals surface area contributed by atoms with Gasteiger partial charge in [-0.3, -0.25) is 14.4 Å².